The Balaban J connectivity index is 1.91. The van der Waals surface area contributed by atoms with Crippen molar-refractivity contribution in [3.63, 3.8) is 0 Å². The van der Waals surface area contributed by atoms with Gasteiger partial charge in [-0.15, -0.1) is 0 Å². The number of hydrogen-bond acceptors (Lipinski definition) is 3. The first-order valence-electron chi connectivity index (χ1n) is 8.41. The zero-order valence-electron chi connectivity index (χ0n) is 14.2. The second-order valence-electron chi connectivity index (χ2n) is 6.26. The summed E-state index contributed by atoms with van der Waals surface area (Å²) in [5.74, 6) is 0.555. The molecule has 4 nitrogen and oxygen atoms in total. The molecule has 2 aromatic rings. The smallest absolute Gasteiger partial charge is 0.246 e. The first kappa shape index (κ1) is 18.2. The van der Waals surface area contributed by atoms with E-state index in [2.05, 4.69) is 0 Å². The Morgan fingerprint density at radius 3 is 2.52 bits per heavy atom. The lowest BCUT2D eigenvalue weighted by Gasteiger charge is -2.25. The van der Waals surface area contributed by atoms with E-state index in [-0.39, 0.29) is 10.8 Å². The molecule has 134 valence electrons. The SMILES string of the molecule is COc1ccccc1S(=O)(=O)N1CCCCC(c2ccc(Cl)cc2)C1. The van der Waals surface area contributed by atoms with Gasteiger partial charge in [-0.05, 0) is 48.6 Å². The average Bonchev–Trinajstić information content (AvgIpc) is 2.89. The Hall–Kier alpha value is -1.56. The zero-order valence-corrected chi connectivity index (χ0v) is 15.8. The van der Waals surface area contributed by atoms with Crippen LogP contribution in [0.25, 0.3) is 0 Å². The molecule has 0 spiro atoms. The first-order chi connectivity index (χ1) is 12.0. The van der Waals surface area contributed by atoms with Gasteiger partial charge in [0.2, 0.25) is 10.0 Å². The molecule has 0 bridgehead atoms. The maximum atomic E-state index is 13.2. The van der Waals surface area contributed by atoms with Gasteiger partial charge in [0.25, 0.3) is 0 Å². The summed E-state index contributed by atoms with van der Waals surface area (Å²) >= 11 is 5.98. The third kappa shape index (κ3) is 4.00. The largest absolute Gasteiger partial charge is 0.495 e. The summed E-state index contributed by atoms with van der Waals surface area (Å²) in [6.07, 6.45) is 2.84. The maximum Gasteiger partial charge on any atom is 0.246 e. The molecule has 0 aliphatic carbocycles. The highest BCUT2D eigenvalue weighted by Crippen LogP contribution is 2.32. The van der Waals surface area contributed by atoms with E-state index in [9.17, 15) is 8.42 Å². The molecule has 25 heavy (non-hydrogen) atoms. The molecule has 2 aromatic carbocycles. The maximum absolute atomic E-state index is 13.2. The predicted octanol–water partition coefficient (Wildman–Crippen LogP) is 4.31. The molecule has 6 heteroatoms. The molecule has 1 atom stereocenters. The standard InChI is InChI=1S/C19H22ClNO3S/c1-24-18-7-2-3-8-19(18)25(22,23)21-13-5-4-6-16(14-21)15-9-11-17(20)12-10-15/h2-3,7-12,16H,4-6,13-14H2,1H3. The van der Waals surface area contributed by atoms with E-state index < -0.39 is 10.0 Å². The van der Waals surface area contributed by atoms with E-state index in [1.54, 1.807) is 28.6 Å². The van der Waals surface area contributed by atoms with Crippen molar-refractivity contribution in [1.29, 1.82) is 0 Å². The topological polar surface area (TPSA) is 46.6 Å². The fourth-order valence-corrected chi connectivity index (χ4v) is 5.11. The lowest BCUT2D eigenvalue weighted by Crippen LogP contribution is -2.34. The van der Waals surface area contributed by atoms with Crippen LogP contribution >= 0.6 is 11.6 Å². The fourth-order valence-electron chi connectivity index (χ4n) is 3.30. The quantitative estimate of drug-likeness (QED) is 0.795. The first-order valence-corrected chi connectivity index (χ1v) is 10.2. The summed E-state index contributed by atoms with van der Waals surface area (Å²) in [6, 6.07) is 14.5. The second kappa shape index (κ2) is 7.77. The minimum Gasteiger partial charge on any atom is -0.495 e. The number of methoxy groups -OCH3 is 1. The van der Waals surface area contributed by atoms with Crippen LogP contribution in [0.4, 0.5) is 0 Å². The molecule has 0 radical (unpaired) electrons. The number of sulfonamides is 1. The molecule has 0 N–H and O–H groups in total. The molecule has 1 aliphatic heterocycles. The van der Waals surface area contributed by atoms with Crippen LogP contribution in [0.1, 0.15) is 30.7 Å². The van der Waals surface area contributed by atoms with Gasteiger partial charge < -0.3 is 4.74 Å². The molecule has 0 saturated carbocycles. The van der Waals surface area contributed by atoms with Gasteiger partial charge in [-0.1, -0.05) is 42.3 Å². The van der Waals surface area contributed by atoms with Crippen molar-refractivity contribution in [2.75, 3.05) is 20.2 Å². The van der Waals surface area contributed by atoms with Crippen molar-refractivity contribution in [2.45, 2.75) is 30.1 Å². The van der Waals surface area contributed by atoms with Crippen LogP contribution in [0.5, 0.6) is 5.75 Å². The van der Waals surface area contributed by atoms with E-state index in [1.165, 1.54) is 7.11 Å². The van der Waals surface area contributed by atoms with Crippen LogP contribution in [0.15, 0.2) is 53.4 Å². The molecular weight excluding hydrogens is 358 g/mol. The van der Waals surface area contributed by atoms with Crippen LogP contribution < -0.4 is 4.74 Å². The number of rotatable bonds is 4. The predicted molar refractivity (Wildman–Crippen MR) is 99.8 cm³/mol. The number of halogens is 1. The lowest BCUT2D eigenvalue weighted by molar-refractivity contribution is 0.386. The molecule has 0 aromatic heterocycles. The second-order valence-corrected chi connectivity index (χ2v) is 8.60. The number of nitrogens with zero attached hydrogens (tertiary/aromatic N) is 1. The van der Waals surface area contributed by atoms with Gasteiger partial charge in [-0.2, -0.15) is 4.31 Å². The Morgan fingerprint density at radius 1 is 1.08 bits per heavy atom. The van der Waals surface area contributed by atoms with Gasteiger partial charge in [0.15, 0.2) is 0 Å². The molecule has 1 aliphatic rings. The number of ether oxygens (including phenoxy) is 1. The number of benzene rings is 2. The molecule has 1 unspecified atom stereocenters. The highest BCUT2D eigenvalue weighted by atomic mass is 35.5. The van der Waals surface area contributed by atoms with Crippen molar-refractivity contribution >= 4 is 21.6 Å². The van der Waals surface area contributed by atoms with Gasteiger partial charge >= 0.3 is 0 Å². The Morgan fingerprint density at radius 2 is 1.80 bits per heavy atom. The van der Waals surface area contributed by atoms with Gasteiger partial charge in [-0.25, -0.2) is 8.42 Å². The van der Waals surface area contributed by atoms with Crippen molar-refractivity contribution in [2.24, 2.45) is 0 Å². The van der Waals surface area contributed by atoms with E-state index in [0.717, 1.165) is 24.8 Å². The Kier molecular flexibility index (Phi) is 5.67. The molecule has 1 saturated heterocycles. The zero-order chi connectivity index (χ0) is 17.9. The number of hydrogen-bond donors (Lipinski definition) is 0. The van der Waals surface area contributed by atoms with Gasteiger partial charge in [0.1, 0.15) is 10.6 Å². The van der Waals surface area contributed by atoms with Crippen LogP contribution in [0, 0.1) is 0 Å². The van der Waals surface area contributed by atoms with Crippen molar-refractivity contribution in [3.8, 4) is 5.75 Å². The summed E-state index contributed by atoms with van der Waals surface area (Å²) < 4.78 is 33.2. The van der Waals surface area contributed by atoms with Crippen LogP contribution in [-0.2, 0) is 10.0 Å². The minimum atomic E-state index is -3.59. The third-order valence-electron chi connectivity index (χ3n) is 4.66. The number of para-hydroxylation sites is 1. The molecular formula is C19H22ClNO3S. The minimum absolute atomic E-state index is 0.171. The van der Waals surface area contributed by atoms with Crippen LogP contribution in [0.3, 0.4) is 0 Å². The molecule has 1 fully saturated rings. The normalized spacial score (nSPS) is 19.4. The third-order valence-corrected chi connectivity index (χ3v) is 6.82. The highest BCUT2D eigenvalue weighted by molar-refractivity contribution is 7.89. The van der Waals surface area contributed by atoms with Crippen LogP contribution in [-0.4, -0.2) is 32.9 Å². The van der Waals surface area contributed by atoms with E-state index in [4.69, 9.17) is 16.3 Å². The summed E-state index contributed by atoms with van der Waals surface area (Å²) in [5, 5.41) is 0.691. The molecule has 0 amide bonds. The van der Waals surface area contributed by atoms with E-state index >= 15 is 0 Å². The summed E-state index contributed by atoms with van der Waals surface area (Å²) in [6.45, 7) is 1.01. The van der Waals surface area contributed by atoms with Crippen LogP contribution in [0.2, 0.25) is 5.02 Å². The monoisotopic (exact) mass is 379 g/mol. The van der Waals surface area contributed by atoms with Crippen molar-refractivity contribution in [1.82, 2.24) is 4.31 Å². The lowest BCUT2D eigenvalue weighted by atomic mass is 9.95. The molecule has 1 heterocycles. The van der Waals surface area contributed by atoms with Crippen molar-refractivity contribution < 1.29 is 13.2 Å². The summed E-state index contributed by atoms with van der Waals surface area (Å²) in [7, 11) is -2.10. The summed E-state index contributed by atoms with van der Waals surface area (Å²) in [4.78, 5) is 0.231. The van der Waals surface area contributed by atoms with Gasteiger partial charge in [-0.3, -0.25) is 0 Å². The van der Waals surface area contributed by atoms with Gasteiger partial charge in [0.05, 0.1) is 7.11 Å². The fraction of sp³-hybridized carbons (Fsp3) is 0.368. The average molecular weight is 380 g/mol. The Bertz CT molecular complexity index is 821. The highest BCUT2D eigenvalue weighted by Gasteiger charge is 2.31. The van der Waals surface area contributed by atoms with Crippen molar-refractivity contribution in [3.05, 3.63) is 59.1 Å². The van der Waals surface area contributed by atoms with Gasteiger partial charge in [0, 0.05) is 18.1 Å². The summed E-state index contributed by atoms with van der Waals surface area (Å²) in [5.41, 5.74) is 1.13. The van der Waals surface area contributed by atoms with E-state index in [1.807, 2.05) is 24.3 Å². The van der Waals surface area contributed by atoms with E-state index in [0.29, 0.717) is 23.9 Å². The molecule has 3 rings (SSSR count). The Labute approximate surface area is 154 Å².